The molecule has 0 unspecified atom stereocenters. The summed E-state index contributed by atoms with van der Waals surface area (Å²) in [5.41, 5.74) is 2.70. The first kappa shape index (κ1) is 24.9. The van der Waals surface area contributed by atoms with E-state index in [0.29, 0.717) is 23.6 Å². The number of amides is 1. The van der Waals surface area contributed by atoms with Crippen molar-refractivity contribution in [2.24, 2.45) is 0 Å². The van der Waals surface area contributed by atoms with Crippen molar-refractivity contribution >= 4 is 33.0 Å². The zero-order valence-corrected chi connectivity index (χ0v) is 20.5. The smallest absolute Gasteiger partial charge is 0.262 e. The summed E-state index contributed by atoms with van der Waals surface area (Å²) in [6.45, 7) is 0. The van der Waals surface area contributed by atoms with Crippen LogP contribution in [0.15, 0.2) is 71.6 Å². The van der Waals surface area contributed by atoms with Gasteiger partial charge < -0.3 is 19.7 Å². The number of carbonyl (C=O) groups excluding carboxylic acids is 1. The molecule has 9 heteroatoms. The Hall–Kier alpha value is -3.72. The van der Waals surface area contributed by atoms with Gasteiger partial charge in [-0.2, -0.15) is 0 Å². The molecule has 3 aromatic rings. The van der Waals surface area contributed by atoms with Crippen LogP contribution in [0.1, 0.15) is 12.0 Å². The van der Waals surface area contributed by atoms with Gasteiger partial charge in [-0.3, -0.25) is 9.52 Å². The van der Waals surface area contributed by atoms with Crippen molar-refractivity contribution in [3.05, 3.63) is 72.3 Å². The van der Waals surface area contributed by atoms with E-state index in [-0.39, 0.29) is 22.9 Å². The molecule has 8 nitrogen and oxygen atoms in total. The summed E-state index contributed by atoms with van der Waals surface area (Å²) in [5.74, 6) is 0.508. The third kappa shape index (κ3) is 6.20. The van der Waals surface area contributed by atoms with E-state index in [9.17, 15) is 13.2 Å². The van der Waals surface area contributed by atoms with Crippen LogP contribution in [-0.2, 0) is 21.2 Å². The summed E-state index contributed by atoms with van der Waals surface area (Å²) in [4.78, 5) is 14.6. The average molecular weight is 484 g/mol. The predicted octanol–water partition coefficient (Wildman–Crippen LogP) is 4.14. The van der Waals surface area contributed by atoms with Crippen molar-refractivity contribution in [2.45, 2.75) is 17.7 Å². The minimum Gasteiger partial charge on any atom is -0.495 e. The highest BCUT2D eigenvalue weighted by Gasteiger charge is 2.19. The first-order valence-electron chi connectivity index (χ1n) is 10.6. The van der Waals surface area contributed by atoms with Crippen LogP contribution in [0.4, 0.5) is 17.1 Å². The molecule has 0 aliphatic heterocycles. The second-order valence-electron chi connectivity index (χ2n) is 7.78. The molecule has 0 heterocycles. The van der Waals surface area contributed by atoms with Gasteiger partial charge in [0.2, 0.25) is 5.91 Å². The van der Waals surface area contributed by atoms with Crippen molar-refractivity contribution in [3.63, 3.8) is 0 Å². The summed E-state index contributed by atoms with van der Waals surface area (Å²) < 4.78 is 39.0. The van der Waals surface area contributed by atoms with Crippen LogP contribution < -0.4 is 24.4 Å². The molecule has 0 saturated carbocycles. The molecule has 0 aliphatic carbocycles. The molecular weight excluding hydrogens is 454 g/mol. The van der Waals surface area contributed by atoms with Crippen LogP contribution in [-0.4, -0.2) is 42.6 Å². The minimum absolute atomic E-state index is 0.0196. The number of methoxy groups -OCH3 is 2. The van der Waals surface area contributed by atoms with Crippen LogP contribution in [0, 0.1) is 0 Å². The Morgan fingerprint density at radius 1 is 0.882 bits per heavy atom. The SMILES string of the molecule is COc1ccc(S(=O)(=O)Nc2ccccc2OC)cc1NC(=O)CCc1ccc(N(C)C)cc1. The first-order chi connectivity index (χ1) is 16.2. The molecule has 3 aromatic carbocycles. The van der Waals surface area contributed by atoms with E-state index in [1.54, 1.807) is 24.3 Å². The lowest BCUT2D eigenvalue weighted by Gasteiger charge is -2.15. The van der Waals surface area contributed by atoms with Crippen LogP contribution in [0.25, 0.3) is 0 Å². The maximum atomic E-state index is 13.0. The number of aryl methyl sites for hydroxylation is 1. The van der Waals surface area contributed by atoms with Gasteiger partial charge in [0.05, 0.1) is 30.5 Å². The first-order valence-corrected chi connectivity index (χ1v) is 12.1. The van der Waals surface area contributed by atoms with Gasteiger partial charge in [0.15, 0.2) is 0 Å². The zero-order chi connectivity index (χ0) is 24.7. The van der Waals surface area contributed by atoms with Crippen LogP contribution in [0.3, 0.4) is 0 Å². The lowest BCUT2D eigenvalue weighted by molar-refractivity contribution is -0.116. The number of ether oxygens (including phenoxy) is 2. The van der Waals surface area contributed by atoms with Gasteiger partial charge in [-0.25, -0.2) is 8.42 Å². The Morgan fingerprint density at radius 2 is 1.53 bits per heavy atom. The summed E-state index contributed by atoms with van der Waals surface area (Å²) in [6, 6.07) is 19.0. The molecule has 0 bridgehead atoms. The number of carbonyl (C=O) groups is 1. The molecule has 34 heavy (non-hydrogen) atoms. The maximum Gasteiger partial charge on any atom is 0.262 e. The summed E-state index contributed by atoms with van der Waals surface area (Å²) >= 11 is 0. The van der Waals surface area contributed by atoms with Gasteiger partial charge in [-0.15, -0.1) is 0 Å². The lowest BCUT2D eigenvalue weighted by Crippen LogP contribution is -2.16. The molecule has 0 aliphatic rings. The number of nitrogens with zero attached hydrogens (tertiary/aromatic N) is 1. The molecule has 0 fully saturated rings. The second-order valence-corrected chi connectivity index (χ2v) is 9.46. The molecule has 0 atom stereocenters. The third-order valence-corrected chi connectivity index (χ3v) is 6.56. The van der Waals surface area contributed by atoms with Gasteiger partial charge >= 0.3 is 0 Å². The van der Waals surface area contributed by atoms with E-state index in [4.69, 9.17) is 9.47 Å². The highest BCUT2D eigenvalue weighted by atomic mass is 32.2. The van der Waals surface area contributed by atoms with E-state index in [1.165, 1.54) is 32.4 Å². The summed E-state index contributed by atoms with van der Waals surface area (Å²) in [5, 5.41) is 2.77. The van der Waals surface area contributed by atoms with E-state index in [0.717, 1.165) is 11.3 Å². The van der Waals surface area contributed by atoms with E-state index in [1.807, 2.05) is 43.3 Å². The van der Waals surface area contributed by atoms with Gasteiger partial charge in [0.1, 0.15) is 11.5 Å². The standard InChI is InChI=1S/C25H29N3O5S/c1-28(2)19-12-9-18(10-13-19)11-16-25(29)26-22-17-20(14-15-24(22)33-4)34(30,31)27-21-7-5-6-8-23(21)32-3/h5-10,12-15,17,27H,11,16H2,1-4H3,(H,26,29). The third-order valence-electron chi connectivity index (χ3n) is 5.20. The quantitative estimate of drug-likeness (QED) is 0.450. The van der Waals surface area contributed by atoms with E-state index >= 15 is 0 Å². The number of para-hydroxylation sites is 2. The van der Waals surface area contributed by atoms with Crippen molar-refractivity contribution in [2.75, 3.05) is 43.3 Å². The Morgan fingerprint density at radius 3 is 2.18 bits per heavy atom. The predicted molar refractivity (Wildman–Crippen MR) is 135 cm³/mol. The topological polar surface area (TPSA) is 97.0 Å². The minimum atomic E-state index is -3.94. The fourth-order valence-corrected chi connectivity index (χ4v) is 4.41. The Kier molecular flexibility index (Phi) is 8.01. The van der Waals surface area contributed by atoms with Crippen LogP contribution in [0.2, 0.25) is 0 Å². The number of nitrogens with one attached hydrogen (secondary N) is 2. The molecule has 0 saturated heterocycles. The second kappa shape index (κ2) is 10.9. The van der Waals surface area contributed by atoms with Crippen LogP contribution in [0.5, 0.6) is 11.5 Å². The molecule has 0 aromatic heterocycles. The van der Waals surface area contributed by atoms with Crippen molar-refractivity contribution in [1.82, 2.24) is 0 Å². The molecule has 0 radical (unpaired) electrons. The van der Waals surface area contributed by atoms with E-state index in [2.05, 4.69) is 10.0 Å². The number of hydrogen-bond acceptors (Lipinski definition) is 6. The lowest BCUT2D eigenvalue weighted by atomic mass is 10.1. The Labute approximate surface area is 200 Å². The van der Waals surface area contributed by atoms with Crippen LogP contribution >= 0.6 is 0 Å². The van der Waals surface area contributed by atoms with Gasteiger partial charge in [-0.1, -0.05) is 24.3 Å². The monoisotopic (exact) mass is 483 g/mol. The zero-order valence-electron chi connectivity index (χ0n) is 19.7. The molecule has 3 rings (SSSR count). The number of benzene rings is 3. The summed E-state index contributed by atoms with van der Waals surface area (Å²) in [6.07, 6.45) is 0.788. The largest absolute Gasteiger partial charge is 0.495 e. The Balaban J connectivity index is 1.73. The number of sulfonamides is 1. The maximum absolute atomic E-state index is 13.0. The van der Waals surface area contributed by atoms with Crippen molar-refractivity contribution in [3.8, 4) is 11.5 Å². The molecule has 180 valence electrons. The number of anilines is 3. The van der Waals surface area contributed by atoms with Crippen molar-refractivity contribution < 1.29 is 22.7 Å². The number of rotatable bonds is 10. The molecule has 0 spiro atoms. The van der Waals surface area contributed by atoms with Gasteiger partial charge in [0.25, 0.3) is 10.0 Å². The molecule has 1 amide bonds. The molecular formula is C25H29N3O5S. The van der Waals surface area contributed by atoms with Crippen molar-refractivity contribution in [1.29, 1.82) is 0 Å². The van der Waals surface area contributed by atoms with Gasteiger partial charge in [-0.05, 0) is 54.4 Å². The highest BCUT2D eigenvalue weighted by Crippen LogP contribution is 2.30. The normalized spacial score (nSPS) is 10.9. The molecule has 2 N–H and O–H groups in total. The summed E-state index contributed by atoms with van der Waals surface area (Å²) in [7, 11) is 2.92. The average Bonchev–Trinajstić information content (AvgIpc) is 2.83. The fourth-order valence-electron chi connectivity index (χ4n) is 3.32. The van der Waals surface area contributed by atoms with Gasteiger partial charge in [0, 0.05) is 26.2 Å². The Bertz CT molecular complexity index is 1240. The fraction of sp³-hybridized carbons (Fsp3) is 0.240. The highest BCUT2D eigenvalue weighted by molar-refractivity contribution is 7.92. The number of hydrogen-bond donors (Lipinski definition) is 2. The van der Waals surface area contributed by atoms with E-state index < -0.39 is 10.0 Å².